The Bertz CT molecular complexity index is 1190. The SMILES string of the molecule is O=C(Cc1cccnc1)N[C@@H]1CO[C@H](Cn2c(=O)[nH]c(=O)c3ccccc32)[C@@H](O)[C@H]1O. The van der Waals surface area contributed by atoms with Gasteiger partial charge in [-0.25, -0.2) is 4.79 Å². The first-order valence-electron chi connectivity index (χ1n) is 9.82. The molecule has 162 valence electrons. The maximum absolute atomic E-state index is 12.3. The predicted molar refractivity (Wildman–Crippen MR) is 110 cm³/mol. The van der Waals surface area contributed by atoms with Gasteiger partial charge in [-0.3, -0.25) is 24.1 Å². The molecular weight excluding hydrogens is 404 g/mol. The topological polar surface area (TPSA) is 147 Å². The third kappa shape index (κ3) is 4.41. The standard InChI is InChI=1S/C21H22N4O6/c26-17(8-12-4-3-7-22-9-12)23-14-11-31-16(19(28)18(14)27)10-25-15-6-2-1-5-13(15)20(29)24-21(25)30/h1-7,9,14,16,18-19,27-28H,8,10-11H2,(H,23,26)(H,24,29,30)/t14-,16-,18+,19-/m1/s1. The lowest BCUT2D eigenvalue weighted by Gasteiger charge is -2.38. The third-order valence-electron chi connectivity index (χ3n) is 5.33. The van der Waals surface area contributed by atoms with Gasteiger partial charge in [-0.05, 0) is 23.8 Å². The van der Waals surface area contributed by atoms with Crippen LogP contribution >= 0.6 is 0 Å². The van der Waals surface area contributed by atoms with Crippen LogP contribution in [0.15, 0.2) is 58.4 Å². The molecule has 1 aliphatic heterocycles. The molecule has 0 aliphatic carbocycles. The number of fused-ring (bicyclic) bond motifs is 1. The lowest BCUT2D eigenvalue weighted by molar-refractivity contribution is -0.158. The molecule has 31 heavy (non-hydrogen) atoms. The number of nitrogens with one attached hydrogen (secondary N) is 2. The van der Waals surface area contributed by atoms with E-state index in [0.29, 0.717) is 16.5 Å². The van der Waals surface area contributed by atoms with Gasteiger partial charge in [0.15, 0.2) is 0 Å². The highest BCUT2D eigenvalue weighted by atomic mass is 16.5. The molecule has 1 aliphatic rings. The minimum atomic E-state index is -1.35. The van der Waals surface area contributed by atoms with Gasteiger partial charge in [0.1, 0.15) is 18.3 Å². The monoisotopic (exact) mass is 426 g/mol. The summed E-state index contributed by atoms with van der Waals surface area (Å²) >= 11 is 0. The zero-order valence-electron chi connectivity index (χ0n) is 16.5. The van der Waals surface area contributed by atoms with Gasteiger partial charge in [0, 0.05) is 12.4 Å². The molecular formula is C21H22N4O6. The van der Waals surface area contributed by atoms with Crippen LogP contribution in [0.1, 0.15) is 5.56 Å². The average Bonchev–Trinajstić information content (AvgIpc) is 2.76. The van der Waals surface area contributed by atoms with Crippen molar-refractivity contribution in [3.05, 3.63) is 75.2 Å². The van der Waals surface area contributed by atoms with Crippen molar-refractivity contribution >= 4 is 16.8 Å². The maximum Gasteiger partial charge on any atom is 0.328 e. The van der Waals surface area contributed by atoms with Crippen molar-refractivity contribution in [2.45, 2.75) is 37.3 Å². The highest BCUT2D eigenvalue weighted by Gasteiger charge is 2.39. The summed E-state index contributed by atoms with van der Waals surface area (Å²) in [5.74, 6) is -0.339. The van der Waals surface area contributed by atoms with Gasteiger partial charge in [-0.1, -0.05) is 18.2 Å². The molecule has 0 unspecified atom stereocenters. The Balaban J connectivity index is 1.46. The molecule has 4 rings (SSSR count). The maximum atomic E-state index is 12.3. The lowest BCUT2D eigenvalue weighted by Crippen LogP contribution is -2.60. The first-order valence-corrected chi connectivity index (χ1v) is 9.82. The number of amides is 1. The fourth-order valence-corrected chi connectivity index (χ4v) is 3.72. The van der Waals surface area contributed by atoms with E-state index in [1.165, 1.54) is 4.57 Å². The second-order valence-electron chi connectivity index (χ2n) is 7.45. The summed E-state index contributed by atoms with van der Waals surface area (Å²) in [7, 11) is 0. The summed E-state index contributed by atoms with van der Waals surface area (Å²) in [6.07, 6.45) is -0.294. The molecule has 0 bridgehead atoms. The van der Waals surface area contributed by atoms with Crippen LogP contribution in [0, 0.1) is 0 Å². The molecule has 2 aromatic heterocycles. The number of pyridine rings is 1. The van der Waals surface area contributed by atoms with Gasteiger partial charge in [-0.15, -0.1) is 0 Å². The summed E-state index contributed by atoms with van der Waals surface area (Å²) in [5, 5.41) is 24.1. The Morgan fingerprint density at radius 1 is 1.19 bits per heavy atom. The number of rotatable bonds is 5. The second kappa shape index (κ2) is 8.80. The second-order valence-corrected chi connectivity index (χ2v) is 7.45. The third-order valence-corrected chi connectivity index (χ3v) is 5.33. The van der Waals surface area contributed by atoms with Crippen molar-refractivity contribution < 1.29 is 19.7 Å². The Kier molecular flexibility index (Phi) is 5.94. The quantitative estimate of drug-likeness (QED) is 0.406. The number of H-pyrrole nitrogens is 1. The molecule has 4 N–H and O–H groups in total. The van der Waals surface area contributed by atoms with E-state index in [1.54, 1.807) is 48.8 Å². The Labute approximate surface area is 176 Å². The molecule has 4 atom stereocenters. The lowest BCUT2D eigenvalue weighted by atomic mass is 9.97. The van der Waals surface area contributed by atoms with Gasteiger partial charge >= 0.3 is 5.69 Å². The van der Waals surface area contributed by atoms with E-state index < -0.39 is 35.6 Å². The van der Waals surface area contributed by atoms with Gasteiger partial charge in [-0.2, -0.15) is 0 Å². The summed E-state index contributed by atoms with van der Waals surface area (Å²) in [4.78, 5) is 42.8. The van der Waals surface area contributed by atoms with Crippen molar-refractivity contribution in [1.29, 1.82) is 0 Å². The number of carbonyl (C=O) groups excluding carboxylic acids is 1. The number of carbonyl (C=O) groups is 1. The number of benzene rings is 1. The van der Waals surface area contributed by atoms with Crippen LogP contribution in [0.5, 0.6) is 0 Å². The van der Waals surface area contributed by atoms with Crippen molar-refractivity contribution in [3.63, 3.8) is 0 Å². The van der Waals surface area contributed by atoms with E-state index in [4.69, 9.17) is 4.74 Å². The molecule has 3 heterocycles. The molecule has 1 amide bonds. The van der Waals surface area contributed by atoms with Crippen molar-refractivity contribution in [1.82, 2.24) is 19.9 Å². The highest BCUT2D eigenvalue weighted by Crippen LogP contribution is 2.18. The first kappa shape index (κ1) is 20.9. The zero-order chi connectivity index (χ0) is 22.0. The van der Waals surface area contributed by atoms with Crippen LogP contribution in [-0.4, -0.2) is 61.6 Å². The van der Waals surface area contributed by atoms with E-state index in [0.717, 1.165) is 0 Å². The number of aliphatic hydroxyl groups excluding tert-OH is 2. The molecule has 0 radical (unpaired) electrons. The van der Waals surface area contributed by atoms with Gasteiger partial charge in [0.05, 0.1) is 36.5 Å². The fraction of sp³-hybridized carbons (Fsp3) is 0.333. The number of ether oxygens (including phenoxy) is 1. The van der Waals surface area contributed by atoms with Gasteiger partial charge < -0.3 is 20.3 Å². The van der Waals surface area contributed by atoms with Crippen LogP contribution in [0.4, 0.5) is 0 Å². The number of nitrogens with zero attached hydrogens (tertiary/aromatic N) is 2. The Morgan fingerprint density at radius 3 is 2.77 bits per heavy atom. The minimum Gasteiger partial charge on any atom is -0.388 e. The Morgan fingerprint density at radius 2 is 2.00 bits per heavy atom. The van der Waals surface area contributed by atoms with Crippen LogP contribution in [0.2, 0.25) is 0 Å². The van der Waals surface area contributed by atoms with Crippen LogP contribution in [-0.2, 0) is 22.5 Å². The van der Waals surface area contributed by atoms with Crippen LogP contribution < -0.4 is 16.6 Å². The molecule has 0 saturated carbocycles. The molecule has 1 saturated heterocycles. The van der Waals surface area contributed by atoms with E-state index in [-0.39, 0.29) is 25.5 Å². The van der Waals surface area contributed by atoms with E-state index in [1.807, 2.05) is 0 Å². The van der Waals surface area contributed by atoms with E-state index >= 15 is 0 Å². The smallest absolute Gasteiger partial charge is 0.328 e. The van der Waals surface area contributed by atoms with E-state index in [2.05, 4.69) is 15.3 Å². The largest absolute Gasteiger partial charge is 0.388 e. The van der Waals surface area contributed by atoms with Crippen molar-refractivity contribution in [2.75, 3.05) is 6.61 Å². The average molecular weight is 426 g/mol. The first-order chi connectivity index (χ1) is 14.9. The number of aliphatic hydroxyl groups is 2. The normalized spacial score (nSPS) is 23.5. The minimum absolute atomic E-state index is 0.0439. The summed E-state index contributed by atoms with van der Waals surface area (Å²) in [6.45, 7) is -0.123. The molecule has 1 aromatic carbocycles. The molecule has 3 aromatic rings. The number of aromatic nitrogens is 3. The summed E-state index contributed by atoms with van der Waals surface area (Å²) < 4.78 is 6.96. The number of hydrogen-bond acceptors (Lipinski definition) is 7. The molecule has 0 spiro atoms. The number of para-hydroxylation sites is 1. The fourth-order valence-electron chi connectivity index (χ4n) is 3.72. The Hall–Kier alpha value is -3.34. The number of aromatic amines is 1. The molecule has 1 fully saturated rings. The van der Waals surface area contributed by atoms with Gasteiger partial charge in [0.2, 0.25) is 5.91 Å². The molecule has 10 nitrogen and oxygen atoms in total. The summed E-state index contributed by atoms with van der Waals surface area (Å²) in [5.41, 5.74) is -0.0262. The van der Waals surface area contributed by atoms with Crippen LogP contribution in [0.3, 0.4) is 0 Å². The van der Waals surface area contributed by atoms with Crippen molar-refractivity contribution in [2.24, 2.45) is 0 Å². The van der Waals surface area contributed by atoms with Crippen LogP contribution in [0.25, 0.3) is 10.9 Å². The zero-order valence-corrected chi connectivity index (χ0v) is 16.5. The van der Waals surface area contributed by atoms with Crippen molar-refractivity contribution in [3.8, 4) is 0 Å². The molecule has 10 heteroatoms. The number of hydrogen-bond donors (Lipinski definition) is 4. The highest BCUT2D eigenvalue weighted by molar-refractivity contribution is 5.79. The predicted octanol–water partition coefficient (Wildman–Crippen LogP) is -1.07. The summed E-state index contributed by atoms with van der Waals surface area (Å²) in [6, 6.07) is 9.26. The van der Waals surface area contributed by atoms with Gasteiger partial charge in [0.25, 0.3) is 5.56 Å². The van der Waals surface area contributed by atoms with E-state index in [9.17, 15) is 24.6 Å².